The fourth-order valence-electron chi connectivity index (χ4n) is 1.66. The molecular formula is C13H14ClN3O. The van der Waals surface area contributed by atoms with Gasteiger partial charge in [0.25, 0.3) is 5.91 Å². The topological polar surface area (TPSA) is 46.9 Å². The summed E-state index contributed by atoms with van der Waals surface area (Å²) in [5.41, 5.74) is 1.14. The summed E-state index contributed by atoms with van der Waals surface area (Å²) < 4.78 is 1.69. The van der Waals surface area contributed by atoms with Crippen LogP contribution in [0.15, 0.2) is 36.5 Å². The third-order valence-electron chi connectivity index (χ3n) is 2.51. The molecule has 0 saturated carbocycles. The van der Waals surface area contributed by atoms with Crippen molar-refractivity contribution in [2.24, 2.45) is 0 Å². The first-order chi connectivity index (χ1) is 8.72. The summed E-state index contributed by atoms with van der Waals surface area (Å²) in [6, 6.07) is 8.84. The zero-order valence-corrected chi connectivity index (χ0v) is 10.8. The van der Waals surface area contributed by atoms with Crippen LogP contribution in [-0.2, 0) is 6.54 Å². The normalized spacial score (nSPS) is 10.3. The van der Waals surface area contributed by atoms with Crippen LogP contribution in [0.5, 0.6) is 0 Å². The number of anilines is 1. The number of nitrogens with one attached hydrogen (secondary N) is 1. The lowest BCUT2D eigenvalue weighted by molar-refractivity contribution is 0.101. The van der Waals surface area contributed by atoms with Gasteiger partial charge in [-0.2, -0.15) is 5.10 Å². The Hall–Kier alpha value is -1.81. The maximum absolute atomic E-state index is 12.1. The second kappa shape index (κ2) is 5.69. The molecule has 0 saturated heterocycles. The monoisotopic (exact) mass is 263 g/mol. The van der Waals surface area contributed by atoms with Crippen LogP contribution in [0.4, 0.5) is 5.69 Å². The number of halogens is 1. The minimum Gasteiger partial charge on any atom is -0.319 e. The van der Waals surface area contributed by atoms with E-state index in [0.717, 1.165) is 13.0 Å². The van der Waals surface area contributed by atoms with E-state index in [2.05, 4.69) is 10.4 Å². The predicted octanol–water partition coefficient (Wildman–Crippen LogP) is 3.20. The van der Waals surface area contributed by atoms with E-state index >= 15 is 0 Å². The first-order valence-corrected chi connectivity index (χ1v) is 6.18. The van der Waals surface area contributed by atoms with Gasteiger partial charge in [-0.3, -0.25) is 9.48 Å². The summed E-state index contributed by atoms with van der Waals surface area (Å²) in [6.07, 6.45) is 2.55. The van der Waals surface area contributed by atoms with Gasteiger partial charge in [0.1, 0.15) is 5.69 Å². The van der Waals surface area contributed by atoms with Crippen molar-refractivity contribution in [3.8, 4) is 0 Å². The third-order valence-corrected chi connectivity index (χ3v) is 2.84. The van der Waals surface area contributed by atoms with Crippen molar-refractivity contribution < 1.29 is 4.79 Å². The molecule has 5 heteroatoms. The van der Waals surface area contributed by atoms with Gasteiger partial charge in [-0.25, -0.2) is 0 Å². The summed E-state index contributed by atoms with van der Waals surface area (Å²) in [6.45, 7) is 2.76. The maximum Gasteiger partial charge on any atom is 0.273 e. The van der Waals surface area contributed by atoms with E-state index in [1.165, 1.54) is 0 Å². The number of carbonyl (C=O) groups excluding carboxylic acids is 1. The van der Waals surface area contributed by atoms with E-state index in [-0.39, 0.29) is 5.91 Å². The number of aryl methyl sites for hydroxylation is 1. The van der Waals surface area contributed by atoms with Gasteiger partial charge in [0.2, 0.25) is 0 Å². The summed E-state index contributed by atoms with van der Waals surface area (Å²) >= 11 is 5.99. The van der Waals surface area contributed by atoms with Crippen LogP contribution in [0.3, 0.4) is 0 Å². The number of hydrogen-bond donors (Lipinski definition) is 1. The molecule has 0 aliphatic heterocycles. The summed E-state index contributed by atoms with van der Waals surface area (Å²) in [4.78, 5) is 12.1. The van der Waals surface area contributed by atoms with Crippen molar-refractivity contribution >= 4 is 23.2 Å². The first-order valence-electron chi connectivity index (χ1n) is 5.80. The van der Waals surface area contributed by atoms with Crippen LogP contribution in [0.1, 0.15) is 23.8 Å². The molecule has 18 heavy (non-hydrogen) atoms. The van der Waals surface area contributed by atoms with Crippen LogP contribution >= 0.6 is 11.6 Å². The number of para-hydroxylation sites is 1. The largest absolute Gasteiger partial charge is 0.319 e. The van der Waals surface area contributed by atoms with Gasteiger partial charge < -0.3 is 5.32 Å². The van der Waals surface area contributed by atoms with Gasteiger partial charge in [0.15, 0.2) is 0 Å². The molecule has 2 rings (SSSR count). The lowest BCUT2D eigenvalue weighted by atomic mass is 10.3. The number of aromatic nitrogens is 2. The molecule has 0 atom stereocenters. The Kier molecular flexibility index (Phi) is 3.99. The average Bonchev–Trinajstić information content (AvgIpc) is 2.81. The number of benzene rings is 1. The zero-order valence-electron chi connectivity index (χ0n) is 10.1. The van der Waals surface area contributed by atoms with Gasteiger partial charge in [0.05, 0.1) is 10.7 Å². The quantitative estimate of drug-likeness (QED) is 0.921. The van der Waals surface area contributed by atoms with Gasteiger partial charge in [0, 0.05) is 12.7 Å². The minimum absolute atomic E-state index is 0.200. The van der Waals surface area contributed by atoms with Crippen LogP contribution < -0.4 is 5.32 Å². The third kappa shape index (κ3) is 2.71. The second-order valence-electron chi connectivity index (χ2n) is 3.87. The highest BCUT2D eigenvalue weighted by molar-refractivity contribution is 6.33. The van der Waals surface area contributed by atoms with E-state index in [1.54, 1.807) is 29.1 Å². The molecule has 0 spiro atoms. The van der Waals surface area contributed by atoms with Gasteiger partial charge in [-0.15, -0.1) is 0 Å². The van der Waals surface area contributed by atoms with Crippen LogP contribution in [0.2, 0.25) is 5.02 Å². The van der Waals surface area contributed by atoms with E-state index in [4.69, 9.17) is 11.6 Å². The second-order valence-corrected chi connectivity index (χ2v) is 4.28. The summed E-state index contributed by atoms with van der Waals surface area (Å²) in [5, 5.41) is 7.41. The van der Waals surface area contributed by atoms with Crippen molar-refractivity contribution in [2.45, 2.75) is 19.9 Å². The maximum atomic E-state index is 12.1. The zero-order chi connectivity index (χ0) is 13.0. The van der Waals surface area contributed by atoms with Crippen molar-refractivity contribution in [2.75, 3.05) is 5.32 Å². The number of amides is 1. The molecule has 94 valence electrons. The van der Waals surface area contributed by atoms with Gasteiger partial charge in [-0.1, -0.05) is 30.7 Å². The molecule has 1 amide bonds. The average molecular weight is 264 g/mol. The molecule has 0 aliphatic rings. The molecule has 1 aromatic carbocycles. The highest BCUT2D eigenvalue weighted by atomic mass is 35.5. The lowest BCUT2D eigenvalue weighted by Crippen LogP contribution is -2.18. The van der Waals surface area contributed by atoms with E-state index < -0.39 is 0 Å². The smallest absolute Gasteiger partial charge is 0.273 e. The standard InChI is InChI=1S/C13H14ClN3O/c1-2-9-17-12(7-8-15-17)13(18)16-11-6-4-3-5-10(11)14/h3-8H,2,9H2,1H3,(H,16,18). The molecule has 1 N–H and O–H groups in total. The molecular weight excluding hydrogens is 250 g/mol. The van der Waals surface area contributed by atoms with E-state index in [0.29, 0.717) is 16.4 Å². The summed E-state index contributed by atoms with van der Waals surface area (Å²) in [7, 11) is 0. The molecule has 0 unspecified atom stereocenters. The highest BCUT2D eigenvalue weighted by Gasteiger charge is 2.12. The Bertz CT molecular complexity index is 551. The van der Waals surface area contributed by atoms with Crippen molar-refractivity contribution in [3.05, 3.63) is 47.2 Å². The van der Waals surface area contributed by atoms with Crippen molar-refractivity contribution in [3.63, 3.8) is 0 Å². The number of rotatable bonds is 4. The van der Waals surface area contributed by atoms with Crippen LogP contribution in [0, 0.1) is 0 Å². The van der Waals surface area contributed by atoms with Gasteiger partial charge in [-0.05, 0) is 24.6 Å². The SMILES string of the molecule is CCCn1nccc1C(=O)Nc1ccccc1Cl. The molecule has 4 nitrogen and oxygen atoms in total. The Balaban J connectivity index is 2.17. The number of nitrogens with zero attached hydrogens (tertiary/aromatic N) is 2. The Morgan fingerprint density at radius 1 is 1.39 bits per heavy atom. The van der Waals surface area contributed by atoms with Crippen molar-refractivity contribution in [1.29, 1.82) is 0 Å². The fraction of sp³-hybridized carbons (Fsp3) is 0.231. The predicted molar refractivity (Wildman–Crippen MR) is 71.9 cm³/mol. The van der Waals surface area contributed by atoms with Gasteiger partial charge >= 0.3 is 0 Å². The lowest BCUT2D eigenvalue weighted by Gasteiger charge is -2.08. The Morgan fingerprint density at radius 2 is 2.17 bits per heavy atom. The molecule has 0 radical (unpaired) electrons. The fourth-order valence-corrected chi connectivity index (χ4v) is 1.85. The Labute approximate surface area is 111 Å². The molecule has 0 bridgehead atoms. The van der Waals surface area contributed by atoms with E-state index in [1.807, 2.05) is 19.1 Å². The van der Waals surface area contributed by atoms with E-state index in [9.17, 15) is 4.79 Å². The summed E-state index contributed by atoms with van der Waals surface area (Å²) in [5.74, 6) is -0.200. The molecule has 1 aromatic heterocycles. The molecule has 1 heterocycles. The number of hydrogen-bond acceptors (Lipinski definition) is 2. The first kappa shape index (κ1) is 12.6. The van der Waals surface area contributed by atoms with Crippen LogP contribution in [0.25, 0.3) is 0 Å². The molecule has 0 aliphatic carbocycles. The molecule has 2 aromatic rings. The molecule has 0 fully saturated rings. The Morgan fingerprint density at radius 3 is 2.89 bits per heavy atom. The van der Waals surface area contributed by atoms with Crippen molar-refractivity contribution in [1.82, 2.24) is 9.78 Å². The number of carbonyl (C=O) groups is 1. The highest BCUT2D eigenvalue weighted by Crippen LogP contribution is 2.21. The minimum atomic E-state index is -0.200. The van der Waals surface area contributed by atoms with Crippen LogP contribution in [-0.4, -0.2) is 15.7 Å².